The van der Waals surface area contributed by atoms with Gasteiger partial charge >= 0.3 is 0 Å². The van der Waals surface area contributed by atoms with Gasteiger partial charge in [0.05, 0.1) is 13.7 Å². The van der Waals surface area contributed by atoms with Crippen molar-refractivity contribution in [2.75, 3.05) is 26.8 Å². The van der Waals surface area contributed by atoms with E-state index in [9.17, 15) is 0 Å². The van der Waals surface area contributed by atoms with Crippen molar-refractivity contribution in [2.45, 2.75) is 26.0 Å². The molecule has 1 aliphatic rings. The van der Waals surface area contributed by atoms with E-state index < -0.39 is 0 Å². The molecule has 1 saturated heterocycles. The van der Waals surface area contributed by atoms with Crippen LogP contribution in [0, 0.1) is 5.41 Å². The van der Waals surface area contributed by atoms with Crippen LogP contribution in [0.5, 0.6) is 0 Å². The van der Waals surface area contributed by atoms with E-state index in [2.05, 4.69) is 18.7 Å². The number of ether oxygens (including phenoxy) is 2. The van der Waals surface area contributed by atoms with E-state index in [0.29, 0.717) is 12.6 Å². The quantitative estimate of drug-likeness (QED) is 0.510. The Kier molecular flexibility index (Phi) is 3.69. The zero-order valence-corrected chi connectivity index (χ0v) is 8.54. The van der Waals surface area contributed by atoms with E-state index in [0.717, 1.165) is 13.1 Å². The minimum Gasteiger partial charge on any atom is -0.483 e. The zero-order valence-electron chi connectivity index (χ0n) is 8.54. The summed E-state index contributed by atoms with van der Waals surface area (Å²) in [6, 6.07) is 0.510. The van der Waals surface area contributed by atoms with E-state index in [-0.39, 0.29) is 12.0 Å². The number of hydrogen-bond acceptors (Lipinski definition) is 4. The van der Waals surface area contributed by atoms with Crippen LogP contribution in [-0.4, -0.2) is 49.7 Å². The molecule has 4 heteroatoms. The lowest BCUT2D eigenvalue weighted by Crippen LogP contribution is -2.48. The van der Waals surface area contributed by atoms with Crippen LogP contribution in [0.2, 0.25) is 0 Å². The highest BCUT2D eigenvalue weighted by atomic mass is 16.5. The summed E-state index contributed by atoms with van der Waals surface area (Å²) >= 11 is 0. The predicted octanol–water partition coefficient (Wildman–Crippen LogP) is 0.719. The third-order valence-corrected chi connectivity index (χ3v) is 2.34. The van der Waals surface area contributed by atoms with E-state index in [1.54, 1.807) is 0 Å². The number of nitrogens with zero attached hydrogens (tertiary/aromatic N) is 1. The Bertz CT molecular complexity index is 182. The molecule has 0 spiro atoms. The summed E-state index contributed by atoms with van der Waals surface area (Å²) in [5, 5.41) is 7.49. The third kappa shape index (κ3) is 2.67. The maximum Gasteiger partial charge on any atom is 0.211 e. The Morgan fingerprint density at radius 3 is 2.85 bits per heavy atom. The number of methoxy groups -OCH3 is 1. The number of nitrogens with one attached hydrogen (secondary N) is 1. The lowest BCUT2D eigenvalue weighted by atomic mass is 10.2. The molecule has 4 nitrogen and oxygen atoms in total. The average Bonchev–Trinajstić information content (AvgIpc) is 2.17. The van der Waals surface area contributed by atoms with Crippen molar-refractivity contribution in [1.82, 2.24) is 4.90 Å². The molecule has 0 amide bonds. The normalized spacial score (nSPS) is 24.8. The summed E-state index contributed by atoms with van der Waals surface area (Å²) < 4.78 is 10.3. The van der Waals surface area contributed by atoms with E-state index in [1.807, 2.05) is 0 Å². The zero-order chi connectivity index (χ0) is 9.84. The summed E-state index contributed by atoms with van der Waals surface area (Å²) in [4.78, 5) is 2.29. The number of morpholine rings is 1. The molecule has 1 unspecified atom stereocenters. The van der Waals surface area contributed by atoms with E-state index in [1.165, 1.54) is 7.11 Å². The molecule has 0 saturated carbocycles. The molecule has 0 aromatic rings. The lowest BCUT2D eigenvalue weighted by molar-refractivity contribution is -0.0147. The maximum absolute atomic E-state index is 7.49. The fraction of sp³-hybridized carbons (Fsp3) is 0.889. The number of hydrogen-bond donors (Lipinski definition) is 1. The highest BCUT2D eigenvalue weighted by Gasteiger charge is 2.25. The Balaban J connectivity index is 2.46. The molecule has 1 fully saturated rings. The largest absolute Gasteiger partial charge is 0.483 e. The number of rotatable bonds is 2. The molecule has 1 rings (SSSR count). The second-order valence-corrected chi connectivity index (χ2v) is 3.52. The third-order valence-electron chi connectivity index (χ3n) is 2.34. The Morgan fingerprint density at radius 1 is 1.62 bits per heavy atom. The Hall–Kier alpha value is -0.610. The van der Waals surface area contributed by atoms with Crippen LogP contribution < -0.4 is 0 Å². The van der Waals surface area contributed by atoms with Gasteiger partial charge in [-0.25, -0.2) is 0 Å². The van der Waals surface area contributed by atoms with Crippen molar-refractivity contribution in [2.24, 2.45) is 0 Å². The minimum absolute atomic E-state index is 0.179. The van der Waals surface area contributed by atoms with Gasteiger partial charge in [0.25, 0.3) is 0 Å². The topological polar surface area (TPSA) is 45.5 Å². The monoisotopic (exact) mass is 186 g/mol. The Morgan fingerprint density at radius 2 is 2.31 bits per heavy atom. The fourth-order valence-electron chi connectivity index (χ4n) is 1.43. The van der Waals surface area contributed by atoms with Crippen LogP contribution >= 0.6 is 0 Å². The van der Waals surface area contributed by atoms with Gasteiger partial charge in [-0.15, -0.1) is 0 Å². The van der Waals surface area contributed by atoms with Gasteiger partial charge in [-0.05, 0) is 13.8 Å². The van der Waals surface area contributed by atoms with Crippen LogP contribution in [0.3, 0.4) is 0 Å². The summed E-state index contributed by atoms with van der Waals surface area (Å²) in [5.41, 5.74) is 0. The van der Waals surface area contributed by atoms with Crippen molar-refractivity contribution >= 4 is 5.90 Å². The molecule has 0 bridgehead atoms. The van der Waals surface area contributed by atoms with Gasteiger partial charge in [-0.3, -0.25) is 10.3 Å². The second-order valence-electron chi connectivity index (χ2n) is 3.52. The fourth-order valence-corrected chi connectivity index (χ4v) is 1.43. The molecule has 1 aliphatic heterocycles. The van der Waals surface area contributed by atoms with Crippen molar-refractivity contribution in [3.63, 3.8) is 0 Å². The first-order valence-corrected chi connectivity index (χ1v) is 4.63. The van der Waals surface area contributed by atoms with Gasteiger partial charge < -0.3 is 9.47 Å². The highest BCUT2D eigenvalue weighted by molar-refractivity contribution is 5.77. The molecule has 0 radical (unpaired) electrons. The summed E-state index contributed by atoms with van der Waals surface area (Å²) in [7, 11) is 1.51. The smallest absolute Gasteiger partial charge is 0.211 e. The first-order valence-electron chi connectivity index (χ1n) is 4.63. The van der Waals surface area contributed by atoms with Gasteiger partial charge in [0, 0.05) is 19.1 Å². The average molecular weight is 186 g/mol. The molecule has 1 heterocycles. The van der Waals surface area contributed by atoms with Gasteiger partial charge in [-0.1, -0.05) is 0 Å². The first-order chi connectivity index (χ1) is 6.15. The summed E-state index contributed by atoms with van der Waals surface area (Å²) in [6.45, 7) is 6.71. The summed E-state index contributed by atoms with van der Waals surface area (Å²) in [6.07, 6.45) is -0.179. The molecule has 0 aliphatic carbocycles. The predicted molar refractivity (Wildman–Crippen MR) is 51.2 cm³/mol. The summed E-state index contributed by atoms with van der Waals surface area (Å²) in [5.74, 6) is 0.227. The Labute approximate surface area is 79.3 Å². The molecular weight excluding hydrogens is 168 g/mol. The minimum atomic E-state index is -0.179. The lowest BCUT2D eigenvalue weighted by Gasteiger charge is -2.34. The molecule has 0 aromatic heterocycles. The second kappa shape index (κ2) is 4.58. The first kappa shape index (κ1) is 10.5. The van der Waals surface area contributed by atoms with E-state index >= 15 is 0 Å². The standard InChI is InChI=1S/C9H18N2O2/c1-7(2)11-4-5-13-8(6-11)9(10)12-3/h7-8,10H,4-6H2,1-3H3. The van der Waals surface area contributed by atoms with Crippen LogP contribution in [0.25, 0.3) is 0 Å². The molecule has 76 valence electrons. The highest BCUT2D eigenvalue weighted by Crippen LogP contribution is 2.09. The van der Waals surface area contributed by atoms with Crippen LogP contribution in [0.15, 0.2) is 0 Å². The van der Waals surface area contributed by atoms with Gasteiger partial charge in [0.15, 0.2) is 0 Å². The maximum atomic E-state index is 7.49. The van der Waals surface area contributed by atoms with Crippen LogP contribution in [0.1, 0.15) is 13.8 Å². The van der Waals surface area contributed by atoms with Crippen molar-refractivity contribution < 1.29 is 9.47 Å². The molecular formula is C9H18N2O2. The van der Waals surface area contributed by atoms with Crippen LogP contribution in [-0.2, 0) is 9.47 Å². The van der Waals surface area contributed by atoms with Gasteiger partial charge in [0.1, 0.15) is 6.10 Å². The molecule has 13 heavy (non-hydrogen) atoms. The van der Waals surface area contributed by atoms with Crippen LogP contribution in [0.4, 0.5) is 0 Å². The molecule has 1 N–H and O–H groups in total. The van der Waals surface area contributed by atoms with Crippen molar-refractivity contribution in [1.29, 1.82) is 5.41 Å². The SMILES string of the molecule is COC(=N)C1CN(C(C)C)CCO1. The van der Waals surface area contributed by atoms with Gasteiger partial charge in [0.2, 0.25) is 5.90 Å². The van der Waals surface area contributed by atoms with E-state index in [4.69, 9.17) is 14.9 Å². The van der Waals surface area contributed by atoms with Crippen molar-refractivity contribution in [3.05, 3.63) is 0 Å². The van der Waals surface area contributed by atoms with Gasteiger partial charge in [-0.2, -0.15) is 0 Å². The van der Waals surface area contributed by atoms with Crippen molar-refractivity contribution in [3.8, 4) is 0 Å². The molecule has 1 atom stereocenters. The molecule has 0 aromatic carbocycles.